The summed E-state index contributed by atoms with van der Waals surface area (Å²) in [6.45, 7) is 0. The Morgan fingerprint density at radius 1 is 0.341 bits per heavy atom. The Balaban J connectivity index is 1.42. The normalized spacial score (nSPS) is 11.0. The molecular weight excluding hydrogens is 522 g/mol. The molecule has 3 nitrogen and oxygen atoms in total. The van der Waals surface area contributed by atoms with Gasteiger partial charge in [0.1, 0.15) is 0 Å². The van der Waals surface area contributed by atoms with Crippen LogP contribution in [0.25, 0.3) is 67.2 Å². The van der Waals surface area contributed by atoms with Crippen LogP contribution in [0.15, 0.2) is 146 Å². The Kier molecular flexibility index (Phi) is 6.56. The van der Waals surface area contributed by atoms with Gasteiger partial charge >= 0.3 is 0 Å². The lowest BCUT2D eigenvalue weighted by Gasteiger charge is -2.13. The maximum absolute atomic E-state index is 6.72. The van der Waals surface area contributed by atoms with Crippen LogP contribution in [0.4, 0.5) is 0 Å². The zero-order valence-corrected chi connectivity index (χ0v) is 22.8. The third kappa shape index (κ3) is 5.00. The van der Waals surface area contributed by atoms with Crippen molar-refractivity contribution in [2.75, 3.05) is 0 Å². The summed E-state index contributed by atoms with van der Waals surface area (Å²) in [5.41, 5.74) is 7.36. The number of rotatable bonds is 5. The molecule has 0 aliphatic heterocycles. The molecule has 4 heteroatoms. The van der Waals surface area contributed by atoms with Crippen molar-refractivity contribution in [3.63, 3.8) is 0 Å². The number of hydrogen-bond acceptors (Lipinski definition) is 3. The zero-order chi connectivity index (χ0) is 27.6. The van der Waals surface area contributed by atoms with Gasteiger partial charge < -0.3 is 0 Å². The van der Waals surface area contributed by atoms with E-state index in [1.165, 1.54) is 11.1 Å². The van der Waals surface area contributed by atoms with Gasteiger partial charge in [-0.15, -0.1) is 0 Å². The largest absolute Gasteiger partial charge is 0.208 e. The third-order valence-corrected chi connectivity index (χ3v) is 7.54. The van der Waals surface area contributed by atoms with Crippen LogP contribution < -0.4 is 0 Å². The molecule has 1 heterocycles. The Bertz CT molecular complexity index is 1930. The summed E-state index contributed by atoms with van der Waals surface area (Å²) in [4.78, 5) is 14.8. The first kappa shape index (κ1) is 24.9. The minimum absolute atomic E-state index is 0.606. The first-order chi connectivity index (χ1) is 20.2. The van der Waals surface area contributed by atoms with Crippen LogP contribution in [0.5, 0.6) is 0 Å². The molecule has 7 aromatic rings. The number of aromatic nitrogens is 3. The maximum Gasteiger partial charge on any atom is 0.164 e. The smallest absolute Gasteiger partial charge is 0.164 e. The van der Waals surface area contributed by atoms with E-state index in [0.717, 1.165) is 38.6 Å². The van der Waals surface area contributed by atoms with Gasteiger partial charge in [-0.1, -0.05) is 133 Å². The van der Waals surface area contributed by atoms with Crippen molar-refractivity contribution in [3.8, 4) is 56.4 Å². The third-order valence-electron chi connectivity index (χ3n) is 7.21. The van der Waals surface area contributed by atoms with E-state index >= 15 is 0 Å². The second-order valence-corrected chi connectivity index (χ2v) is 10.2. The summed E-state index contributed by atoms with van der Waals surface area (Å²) in [5, 5.41) is 2.63. The fraction of sp³-hybridized carbons (Fsp3) is 0. The predicted molar refractivity (Wildman–Crippen MR) is 170 cm³/mol. The quantitative estimate of drug-likeness (QED) is 0.216. The fourth-order valence-electron chi connectivity index (χ4n) is 5.12. The number of nitrogens with zero attached hydrogens (tertiary/aromatic N) is 3. The minimum atomic E-state index is 0.606. The molecule has 41 heavy (non-hydrogen) atoms. The first-order valence-corrected chi connectivity index (χ1v) is 13.9. The lowest BCUT2D eigenvalue weighted by Crippen LogP contribution is -2.00. The first-order valence-electron chi connectivity index (χ1n) is 13.5. The van der Waals surface area contributed by atoms with Gasteiger partial charge in [-0.05, 0) is 51.9 Å². The molecule has 0 atom stereocenters. The van der Waals surface area contributed by atoms with Crippen molar-refractivity contribution >= 4 is 22.4 Å². The molecule has 0 fully saturated rings. The van der Waals surface area contributed by atoms with E-state index in [2.05, 4.69) is 66.7 Å². The van der Waals surface area contributed by atoms with E-state index in [-0.39, 0.29) is 0 Å². The second kappa shape index (κ2) is 10.8. The molecule has 0 N–H and O–H groups in total. The number of fused-ring (bicyclic) bond motifs is 1. The average Bonchev–Trinajstić information content (AvgIpc) is 3.06. The van der Waals surface area contributed by atoms with E-state index in [1.54, 1.807) is 0 Å². The van der Waals surface area contributed by atoms with E-state index < -0.39 is 0 Å². The number of hydrogen-bond donors (Lipinski definition) is 0. The van der Waals surface area contributed by atoms with E-state index in [0.29, 0.717) is 22.5 Å². The second-order valence-electron chi connectivity index (χ2n) is 9.84. The Hall–Kier alpha value is -5.12. The molecule has 1 aromatic heterocycles. The van der Waals surface area contributed by atoms with Crippen LogP contribution in [-0.2, 0) is 0 Å². The van der Waals surface area contributed by atoms with Gasteiger partial charge in [-0.3, -0.25) is 0 Å². The van der Waals surface area contributed by atoms with Crippen LogP contribution >= 0.6 is 11.6 Å². The molecule has 0 amide bonds. The van der Waals surface area contributed by atoms with Gasteiger partial charge in [0.2, 0.25) is 0 Å². The van der Waals surface area contributed by atoms with Gasteiger partial charge in [0, 0.05) is 27.1 Å². The van der Waals surface area contributed by atoms with Crippen molar-refractivity contribution < 1.29 is 0 Å². The van der Waals surface area contributed by atoms with Crippen LogP contribution in [0.3, 0.4) is 0 Å². The van der Waals surface area contributed by atoms with Crippen molar-refractivity contribution in [1.29, 1.82) is 0 Å². The molecule has 0 bridgehead atoms. The zero-order valence-electron chi connectivity index (χ0n) is 22.1. The lowest BCUT2D eigenvalue weighted by molar-refractivity contribution is 1.08. The summed E-state index contributed by atoms with van der Waals surface area (Å²) in [7, 11) is 0. The molecule has 6 aromatic carbocycles. The summed E-state index contributed by atoms with van der Waals surface area (Å²) in [5.74, 6) is 1.86. The highest BCUT2D eigenvalue weighted by atomic mass is 35.5. The summed E-state index contributed by atoms with van der Waals surface area (Å²) < 4.78 is 0. The molecule has 0 unspecified atom stereocenters. The lowest BCUT2D eigenvalue weighted by atomic mass is 9.95. The van der Waals surface area contributed by atoms with Crippen molar-refractivity contribution in [3.05, 3.63) is 151 Å². The molecule has 194 valence electrons. The summed E-state index contributed by atoms with van der Waals surface area (Å²) in [6, 6.07) is 49.4. The Morgan fingerprint density at radius 3 is 1.44 bits per heavy atom. The molecule has 0 saturated carbocycles. The topological polar surface area (TPSA) is 38.7 Å². The van der Waals surface area contributed by atoms with Crippen LogP contribution in [-0.4, -0.2) is 15.0 Å². The maximum atomic E-state index is 6.72. The standard InChI is InChI=1S/C37H24ClN3/c38-34-22-21-32(37-40-35(26-13-6-2-7-14-26)39-36(41-37)27-15-8-3-9-16-27)33-24-30(19-20-31(33)34)29-18-10-17-28(23-29)25-11-4-1-5-12-25/h1-24H. The Labute approximate surface area is 243 Å². The highest BCUT2D eigenvalue weighted by molar-refractivity contribution is 6.36. The monoisotopic (exact) mass is 545 g/mol. The number of benzene rings is 6. The van der Waals surface area contributed by atoms with E-state index in [4.69, 9.17) is 26.6 Å². The van der Waals surface area contributed by atoms with Gasteiger partial charge in [-0.25, -0.2) is 15.0 Å². The molecule has 7 rings (SSSR count). The Morgan fingerprint density at radius 2 is 0.829 bits per heavy atom. The van der Waals surface area contributed by atoms with E-state index in [1.807, 2.05) is 78.9 Å². The van der Waals surface area contributed by atoms with Crippen LogP contribution in [0.2, 0.25) is 5.02 Å². The van der Waals surface area contributed by atoms with Crippen LogP contribution in [0, 0.1) is 0 Å². The molecule has 0 aliphatic carbocycles. The molecule has 0 spiro atoms. The van der Waals surface area contributed by atoms with Gasteiger partial charge in [0.25, 0.3) is 0 Å². The predicted octanol–water partition coefficient (Wildman–Crippen LogP) is 10.0. The van der Waals surface area contributed by atoms with Crippen molar-refractivity contribution in [2.45, 2.75) is 0 Å². The van der Waals surface area contributed by atoms with Crippen LogP contribution in [0.1, 0.15) is 0 Å². The van der Waals surface area contributed by atoms with Gasteiger partial charge in [-0.2, -0.15) is 0 Å². The summed E-state index contributed by atoms with van der Waals surface area (Å²) >= 11 is 6.72. The van der Waals surface area contributed by atoms with Crippen molar-refractivity contribution in [2.24, 2.45) is 0 Å². The van der Waals surface area contributed by atoms with Gasteiger partial charge in [0.05, 0.1) is 0 Å². The fourth-order valence-corrected chi connectivity index (χ4v) is 5.35. The van der Waals surface area contributed by atoms with E-state index in [9.17, 15) is 0 Å². The molecule has 0 aliphatic rings. The average molecular weight is 546 g/mol. The SMILES string of the molecule is Clc1ccc(-c2nc(-c3ccccc3)nc(-c3ccccc3)n2)c2cc(-c3cccc(-c4ccccc4)c3)ccc12. The summed E-state index contributed by atoms with van der Waals surface area (Å²) in [6.07, 6.45) is 0. The van der Waals surface area contributed by atoms with Gasteiger partial charge in [0.15, 0.2) is 17.5 Å². The molecular formula is C37H24ClN3. The number of halogens is 1. The van der Waals surface area contributed by atoms with Crippen molar-refractivity contribution in [1.82, 2.24) is 15.0 Å². The molecule has 0 saturated heterocycles. The minimum Gasteiger partial charge on any atom is -0.208 e. The highest BCUT2D eigenvalue weighted by Gasteiger charge is 2.16. The molecule has 0 radical (unpaired) electrons. The highest BCUT2D eigenvalue weighted by Crippen LogP contribution is 2.36.